The summed E-state index contributed by atoms with van der Waals surface area (Å²) >= 11 is 14.8. The Labute approximate surface area is 159 Å². The van der Waals surface area contributed by atoms with E-state index in [1.54, 1.807) is 14.2 Å². The molecule has 0 saturated heterocycles. The zero-order valence-corrected chi connectivity index (χ0v) is 18.6. The van der Waals surface area contributed by atoms with Crippen LogP contribution in [0.3, 0.4) is 0 Å². The van der Waals surface area contributed by atoms with Crippen molar-refractivity contribution in [2.24, 2.45) is 5.92 Å². The van der Waals surface area contributed by atoms with Gasteiger partial charge in [-0.15, -0.1) is 0 Å². The highest BCUT2D eigenvalue weighted by atomic mass is 79.9. The van der Waals surface area contributed by atoms with E-state index in [4.69, 9.17) is 9.47 Å². The SMILES string of the molecule is CCCCC[C@@H]1[C@H](O)[C@]2(Br)C(Br)=C(Br)[C@@]1(Br)C2(OC)OC. The molecule has 0 aromatic heterocycles. The predicted molar refractivity (Wildman–Crippen MR) is 98.6 cm³/mol. The van der Waals surface area contributed by atoms with E-state index in [1.165, 1.54) is 0 Å². The Hall–Kier alpha value is 1.54. The Morgan fingerprint density at radius 2 is 1.57 bits per heavy atom. The molecule has 0 heterocycles. The Kier molecular flexibility index (Phi) is 5.80. The molecule has 0 unspecified atom stereocenters. The lowest BCUT2D eigenvalue weighted by Crippen LogP contribution is -2.57. The Morgan fingerprint density at radius 3 is 2.00 bits per heavy atom. The molecule has 2 bridgehead atoms. The van der Waals surface area contributed by atoms with Crippen molar-refractivity contribution in [1.29, 1.82) is 0 Å². The molecule has 1 N–H and O–H groups in total. The van der Waals surface area contributed by atoms with Crippen molar-refractivity contribution in [2.75, 3.05) is 14.2 Å². The fraction of sp³-hybridized carbons (Fsp3) is 0.857. The number of hydrogen-bond acceptors (Lipinski definition) is 3. The fourth-order valence-corrected chi connectivity index (χ4v) is 8.69. The number of alkyl halides is 2. The van der Waals surface area contributed by atoms with Crippen LogP contribution in [0.1, 0.15) is 32.6 Å². The second-order valence-electron chi connectivity index (χ2n) is 5.62. The first kappa shape index (κ1) is 18.9. The van der Waals surface area contributed by atoms with Crippen LogP contribution in [0.2, 0.25) is 0 Å². The van der Waals surface area contributed by atoms with Crippen LogP contribution in [-0.2, 0) is 9.47 Å². The largest absolute Gasteiger partial charge is 0.391 e. The predicted octanol–water partition coefficient (Wildman–Crippen LogP) is 4.83. The molecule has 122 valence electrons. The maximum Gasteiger partial charge on any atom is 0.211 e. The number of aliphatic hydroxyl groups is 1. The van der Waals surface area contributed by atoms with E-state index < -0.39 is 20.5 Å². The van der Waals surface area contributed by atoms with Gasteiger partial charge in [-0.05, 0) is 6.42 Å². The van der Waals surface area contributed by atoms with Crippen molar-refractivity contribution in [3.63, 3.8) is 0 Å². The Bertz CT molecular complexity index is 452. The highest BCUT2D eigenvalue weighted by Crippen LogP contribution is 2.74. The van der Waals surface area contributed by atoms with Crippen LogP contribution in [-0.4, -0.2) is 39.9 Å². The molecule has 0 spiro atoms. The first-order valence-electron chi connectivity index (χ1n) is 7.01. The van der Waals surface area contributed by atoms with Crippen molar-refractivity contribution in [2.45, 2.75) is 53.1 Å². The van der Waals surface area contributed by atoms with Crippen LogP contribution in [0.25, 0.3) is 0 Å². The smallest absolute Gasteiger partial charge is 0.211 e. The summed E-state index contributed by atoms with van der Waals surface area (Å²) < 4.78 is 11.9. The third-order valence-corrected chi connectivity index (χ3v) is 11.3. The van der Waals surface area contributed by atoms with Gasteiger partial charge in [-0.25, -0.2) is 0 Å². The van der Waals surface area contributed by atoms with Gasteiger partial charge in [0, 0.05) is 29.1 Å². The van der Waals surface area contributed by atoms with Gasteiger partial charge in [-0.3, -0.25) is 0 Å². The van der Waals surface area contributed by atoms with Crippen molar-refractivity contribution in [1.82, 2.24) is 0 Å². The maximum atomic E-state index is 11.0. The summed E-state index contributed by atoms with van der Waals surface area (Å²) in [6.45, 7) is 2.17. The van der Waals surface area contributed by atoms with Crippen LogP contribution >= 0.6 is 63.7 Å². The van der Waals surface area contributed by atoms with Gasteiger partial charge in [-0.1, -0.05) is 89.9 Å². The van der Waals surface area contributed by atoms with E-state index >= 15 is 0 Å². The van der Waals surface area contributed by atoms with Crippen molar-refractivity contribution < 1.29 is 14.6 Å². The molecule has 21 heavy (non-hydrogen) atoms. The molecule has 2 rings (SSSR count). The number of methoxy groups -OCH3 is 2. The van der Waals surface area contributed by atoms with Gasteiger partial charge in [0.05, 0.1) is 6.10 Å². The van der Waals surface area contributed by atoms with Gasteiger partial charge in [-0.2, -0.15) is 0 Å². The molecule has 0 aliphatic heterocycles. The van der Waals surface area contributed by atoms with E-state index in [9.17, 15) is 5.11 Å². The summed E-state index contributed by atoms with van der Waals surface area (Å²) in [4.78, 5) is 0. The van der Waals surface area contributed by atoms with Gasteiger partial charge in [0.2, 0.25) is 5.79 Å². The molecule has 4 atom stereocenters. The topological polar surface area (TPSA) is 38.7 Å². The Morgan fingerprint density at radius 1 is 1.05 bits per heavy atom. The van der Waals surface area contributed by atoms with Gasteiger partial charge >= 0.3 is 0 Å². The summed E-state index contributed by atoms with van der Waals surface area (Å²) in [5, 5.41) is 11.0. The lowest BCUT2D eigenvalue weighted by Gasteiger charge is -2.41. The van der Waals surface area contributed by atoms with Gasteiger partial charge < -0.3 is 14.6 Å². The molecule has 7 heteroatoms. The van der Waals surface area contributed by atoms with Gasteiger partial charge in [0.25, 0.3) is 0 Å². The first-order chi connectivity index (χ1) is 9.79. The van der Waals surface area contributed by atoms with E-state index in [-0.39, 0.29) is 5.92 Å². The molecule has 2 aliphatic carbocycles. The zero-order valence-electron chi connectivity index (χ0n) is 12.3. The lowest BCUT2D eigenvalue weighted by atomic mass is 9.86. The van der Waals surface area contributed by atoms with E-state index in [0.29, 0.717) is 0 Å². The third kappa shape index (κ3) is 2.10. The summed E-state index contributed by atoms with van der Waals surface area (Å²) in [6, 6.07) is 0. The first-order valence-corrected chi connectivity index (χ1v) is 10.2. The number of aliphatic hydroxyl groups excluding tert-OH is 1. The molecule has 0 radical (unpaired) electrons. The normalized spacial score (nSPS) is 41.1. The average Bonchev–Trinajstić information content (AvgIpc) is 2.70. The highest BCUT2D eigenvalue weighted by Gasteiger charge is 2.83. The van der Waals surface area contributed by atoms with Crippen molar-refractivity contribution in [3.8, 4) is 0 Å². The quantitative estimate of drug-likeness (QED) is 0.290. The highest BCUT2D eigenvalue weighted by molar-refractivity contribution is 9.16. The monoisotopic (exact) mass is 552 g/mol. The van der Waals surface area contributed by atoms with Crippen molar-refractivity contribution in [3.05, 3.63) is 8.96 Å². The molecule has 0 aromatic rings. The van der Waals surface area contributed by atoms with Crippen LogP contribution in [0, 0.1) is 5.92 Å². The fourth-order valence-electron chi connectivity index (χ4n) is 3.75. The average molecular weight is 556 g/mol. The number of hydrogen-bond donors (Lipinski definition) is 1. The molecule has 3 nitrogen and oxygen atoms in total. The second-order valence-corrected chi connectivity index (χ2v) is 9.71. The zero-order chi connectivity index (χ0) is 16.1. The summed E-state index contributed by atoms with van der Waals surface area (Å²) in [6.07, 6.45) is 3.65. The van der Waals surface area contributed by atoms with E-state index in [0.717, 1.165) is 34.6 Å². The van der Waals surface area contributed by atoms with Crippen LogP contribution in [0.5, 0.6) is 0 Å². The second kappa shape index (κ2) is 6.45. The molecule has 1 fully saturated rings. The number of ether oxygens (including phenoxy) is 2. The molecular weight excluding hydrogens is 536 g/mol. The third-order valence-electron chi connectivity index (χ3n) is 4.78. The van der Waals surface area contributed by atoms with E-state index in [1.807, 2.05) is 0 Å². The van der Waals surface area contributed by atoms with Gasteiger partial charge in [0.1, 0.15) is 8.65 Å². The molecule has 0 aromatic carbocycles. The Balaban J connectivity index is 2.51. The lowest BCUT2D eigenvalue weighted by molar-refractivity contribution is -0.216. The molecule has 2 aliphatic rings. The number of unbranched alkanes of at least 4 members (excludes halogenated alkanes) is 2. The van der Waals surface area contributed by atoms with Crippen LogP contribution in [0.15, 0.2) is 8.96 Å². The molecule has 0 amide bonds. The summed E-state index contributed by atoms with van der Waals surface area (Å²) in [5.74, 6) is -1.03. The number of halogens is 4. The standard InChI is InChI=1S/C14H20Br4O3/c1-4-5-6-7-8-11(19)13(18)10(16)9(15)12(8,17)14(13,20-2)21-3/h8,11,19H,4-7H2,1-3H3/t8-,11+,12-,13-/m1/s1. The number of rotatable bonds is 6. The minimum atomic E-state index is -1.02. The molecule has 1 saturated carbocycles. The van der Waals surface area contributed by atoms with E-state index in [2.05, 4.69) is 70.6 Å². The minimum Gasteiger partial charge on any atom is -0.391 e. The summed E-state index contributed by atoms with van der Waals surface area (Å²) in [5.41, 5.74) is 0. The number of fused-ring (bicyclic) bond motifs is 2. The minimum absolute atomic E-state index is 0.0148. The maximum absolute atomic E-state index is 11.0. The van der Waals surface area contributed by atoms with Crippen LogP contribution < -0.4 is 0 Å². The summed E-state index contributed by atoms with van der Waals surface area (Å²) in [7, 11) is 3.23. The van der Waals surface area contributed by atoms with Crippen molar-refractivity contribution >= 4 is 63.7 Å². The van der Waals surface area contributed by atoms with Gasteiger partial charge in [0.15, 0.2) is 0 Å². The van der Waals surface area contributed by atoms with Crippen LogP contribution in [0.4, 0.5) is 0 Å². The molecular formula is C14H20Br4O3.